The number of halogens is 1. The van der Waals surface area contributed by atoms with E-state index < -0.39 is 0 Å². The van der Waals surface area contributed by atoms with Gasteiger partial charge in [0, 0.05) is 36.8 Å². The molecule has 2 aromatic rings. The first-order valence-corrected chi connectivity index (χ1v) is 7.88. The summed E-state index contributed by atoms with van der Waals surface area (Å²) in [6.07, 6.45) is 0.482. The van der Waals surface area contributed by atoms with Crippen molar-refractivity contribution in [2.75, 3.05) is 18.0 Å². The molecule has 1 N–H and O–H groups in total. The van der Waals surface area contributed by atoms with Crippen molar-refractivity contribution in [1.82, 2.24) is 5.32 Å². The standard InChI is InChI=1S/C18H21ClN2O/c1-2-21(17-6-4-3-5-7-17)13-12-18(22)20-14-15-8-10-16(19)11-9-15/h3-11H,2,12-14H2,1H3,(H,20,22). The molecule has 0 fully saturated rings. The second-order valence-corrected chi connectivity index (χ2v) is 5.50. The van der Waals surface area contributed by atoms with Crippen LogP contribution in [0.1, 0.15) is 18.9 Å². The molecule has 0 bridgehead atoms. The molecule has 0 atom stereocenters. The van der Waals surface area contributed by atoms with Crippen LogP contribution < -0.4 is 10.2 Å². The van der Waals surface area contributed by atoms with E-state index in [1.54, 1.807) is 0 Å². The molecule has 0 aliphatic carbocycles. The number of anilines is 1. The number of carbonyl (C=O) groups excluding carboxylic acids is 1. The highest BCUT2D eigenvalue weighted by Gasteiger charge is 2.07. The van der Waals surface area contributed by atoms with E-state index in [0.29, 0.717) is 24.5 Å². The van der Waals surface area contributed by atoms with Gasteiger partial charge in [0.1, 0.15) is 0 Å². The third-order valence-corrected chi connectivity index (χ3v) is 3.77. The summed E-state index contributed by atoms with van der Waals surface area (Å²) >= 11 is 5.84. The Labute approximate surface area is 136 Å². The maximum atomic E-state index is 12.0. The number of hydrogen-bond acceptors (Lipinski definition) is 2. The first-order chi connectivity index (χ1) is 10.7. The Kier molecular flexibility index (Phi) is 6.28. The fourth-order valence-electron chi connectivity index (χ4n) is 2.24. The maximum absolute atomic E-state index is 12.0. The van der Waals surface area contributed by atoms with Gasteiger partial charge in [-0.25, -0.2) is 0 Å². The van der Waals surface area contributed by atoms with E-state index in [9.17, 15) is 4.79 Å². The lowest BCUT2D eigenvalue weighted by molar-refractivity contribution is -0.121. The molecule has 3 nitrogen and oxygen atoms in total. The van der Waals surface area contributed by atoms with Crippen LogP contribution in [0.15, 0.2) is 54.6 Å². The zero-order valence-corrected chi connectivity index (χ0v) is 13.5. The highest BCUT2D eigenvalue weighted by Crippen LogP contribution is 2.13. The number of para-hydroxylation sites is 1. The third kappa shape index (κ3) is 5.08. The molecule has 4 heteroatoms. The minimum atomic E-state index is 0.0596. The van der Waals surface area contributed by atoms with E-state index in [1.807, 2.05) is 42.5 Å². The molecule has 0 aliphatic rings. The van der Waals surface area contributed by atoms with Gasteiger partial charge in [-0.2, -0.15) is 0 Å². The Morgan fingerprint density at radius 1 is 1.09 bits per heavy atom. The number of hydrogen-bond donors (Lipinski definition) is 1. The van der Waals surface area contributed by atoms with E-state index in [4.69, 9.17) is 11.6 Å². The number of carbonyl (C=O) groups is 1. The number of nitrogens with zero attached hydrogens (tertiary/aromatic N) is 1. The molecular formula is C18H21ClN2O. The molecule has 22 heavy (non-hydrogen) atoms. The SMILES string of the molecule is CCN(CCC(=O)NCc1ccc(Cl)cc1)c1ccccc1. The van der Waals surface area contributed by atoms with Crippen LogP contribution >= 0.6 is 11.6 Å². The molecular weight excluding hydrogens is 296 g/mol. The lowest BCUT2D eigenvalue weighted by atomic mass is 10.2. The summed E-state index contributed by atoms with van der Waals surface area (Å²) in [5.74, 6) is 0.0596. The molecule has 0 radical (unpaired) electrons. The average molecular weight is 317 g/mol. The van der Waals surface area contributed by atoms with E-state index in [1.165, 1.54) is 0 Å². The normalized spacial score (nSPS) is 10.3. The minimum Gasteiger partial charge on any atom is -0.371 e. The summed E-state index contributed by atoms with van der Waals surface area (Å²) in [5.41, 5.74) is 2.20. The van der Waals surface area contributed by atoms with Gasteiger partial charge in [-0.15, -0.1) is 0 Å². The van der Waals surface area contributed by atoms with Gasteiger partial charge in [0.15, 0.2) is 0 Å². The number of benzene rings is 2. The fraction of sp³-hybridized carbons (Fsp3) is 0.278. The lowest BCUT2D eigenvalue weighted by Crippen LogP contribution is -2.30. The van der Waals surface area contributed by atoms with Gasteiger partial charge in [-0.05, 0) is 36.8 Å². The van der Waals surface area contributed by atoms with Crippen molar-refractivity contribution in [2.45, 2.75) is 19.9 Å². The van der Waals surface area contributed by atoms with Crippen LogP contribution in [0.3, 0.4) is 0 Å². The fourth-order valence-corrected chi connectivity index (χ4v) is 2.36. The summed E-state index contributed by atoms with van der Waals surface area (Å²) in [6.45, 7) is 4.23. The van der Waals surface area contributed by atoms with E-state index in [0.717, 1.165) is 17.8 Å². The summed E-state index contributed by atoms with van der Waals surface area (Å²) in [5, 5.41) is 3.65. The third-order valence-electron chi connectivity index (χ3n) is 3.51. The van der Waals surface area contributed by atoms with E-state index in [2.05, 4.69) is 29.3 Å². The van der Waals surface area contributed by atoms with Crippen LogP contribution in [0.25, 0.3) is 0 Å². The Balaban J connectivity index is 1.78. The average Bonchev–Trinajstić information content (AvgIpc) is 2.56. The summed E-state index contributed by atoms with van der Waals surface area (Å²) in [6, 6.07) is 17.7. The first-order valence-electron chi connectivity index (χ1n) is 7.50. The van der Waals surface area contributed by atoms with Gasteiger partial charge < -0.3 is 10.2 Å². The van der Waals surface area contributed by atoms with Crippen molar-refractivity contribution in [3.05, 3.63) is 65.2 Å². The quantitative estimate of drug-likeness (QED) is 0.841. The number of amides is 1. The molecule has 2 aromatic carbocycles. The lowest BCUT2D eigenvalue weighted by Gasteiger charge is -2.22. The highest BCUT2D eigenvalue weighted by molar-refractivity contribution is 6.30. The van der Waals surface area contributed by atoms with Gasteiger partial charge in [-0.1, -0.05) is 41.9 Å². The largest absolute Gasteiger partial charge is 0.371 e. The van der Waals surface area contributed by atoms with Gasteiger partial charge in [0.25, 0.3) is 0 Å². The Bertz CT molecular complexity index is 584. The van der Waals surface area contributed by atoms with Gasteiger partial charge in [0.05, 0.1) is 0 Å². The monoisotopic (exact) mass is 316 g/mol. The second-order valence-electron chi connectivity index (χ2n) is 5.07. The summed E-state index contributed by atoms with van der Waals surface area (Å²) in [4.78, 5) is 14.2. The van der Waals surface area contributed by atoms with Crippen molar-refractivity contribution in [1.29, 1.82) is 0 Å². The molecule has 0 spiro atoms. The van der Waals surface area contributed by atoms with Crippen molar-refractivity contribution in [3.8, 4) is 0 Å². The molecule has 0 heterocycles. The van der Waals surface area contributed by atoms with Crippen molar-refractivity contribution >= 4 is 23.2 Å². The molecule has 0 saturated heterocycles. The molecule has 2 rings (SSSR count). The smallest absolute Gasteiger partial charge is 0.222 e. The predicted octanol–water partition coefficient (Wildman–Crippen LogP) is 3.87. The molecule has 0 aromatic heterocycles. The zero-order chi connectivity index (χ0) is 15.8. The van der Waals surface area contributed by atoms with Crippen molar-refractivity contribution < 1.29 is 4.79 Å². The topological polar surface area (TPSA) is 32.3 Å². The zero-order valence-electron chi connectivity index (χ0n) is 12.8. The summed E-state index contributed by atoms with van der Waals surface area (Å²) in [7, 11) is 0. The number of rotatable bonds is 7. The van der Waals surface area contributed by atoms with Crippen LogP contribution in [0.4, 0.5) is 5.69 Å². The van der Waals surface area contributed by atoms with Crippen molar-refractivity contribution in [2.24, 2.45) is 0 Å². The van der Waals surface area contributed by atoms with Crippen LogP contribution in [0.2, 0.25) is 5.02 Å². The Hall–Kier alpha value is -2.00. The second kappa shape index (κ2) is 8.44. The molecule has 0 aliphatic heterocycles. The Morgan fingerprint density at radius 2 is 1.77 bits per heavy atom. The summed E-state index contributed by atoms with van der Waals surface area (Å²) < 4.78 is 0. The van der Waals surface area contributed by atoms with Crippen LogP contribution in [0.5, 0.6) is 0 Å². The van der Waals surface area contributed by atoms with Crippen molar-refractivity contribution in [3.63, 3.8) is 0 Å². The Morgan fingerprint density at radius 3 is 2.41 bits per heavy atom. The van der Waals surface area contributed by atoms with Gasteiger partial charge in [0.2, 0.25) is 5.91 Å². The van der Waals surface area contributed by atoms with Crippen LogP contribution in [0, 0.1) is 0 Å². The van der Waals surface area contributed by atoms with E-state index >= 15 is 0 Å². The van der Waals surface area contributed by atoms with Gasteiger partial charge in [-0.3, -0.25) is 4.79 Å². The molecule has 116 valence electrons. The molecule has 1 amide bonds. The molecule has 0 unspecified atom stereocenters. The minimum absolute atomic E-state index is 0.0596. The maximum Gasteiger partial charge on any atom is 0.222 e. The van der Waals surface area contributed by atoms with Crippen LogP contribution in [-0.2, 0) is 11.3 Å². The predicted molar refractivity (Wildman–Crippen MR) is 92.2 cm³/mol. The first kappa shape index (κ1) is 16.4. The molecule has 0 saturated carbocycles. The van der Waals surface area contributed by atoms with Gasteiger partial charge >= 0.3 is 0 Å². The van der Waals surface area contributed by atoms with Crippen LogP contribution in [-0.4, -0.2) is 19.0 Å². The van der Waals surface area contributed by atoms with E-state index in [-0.39, 0.29) is 5.91 Å². The highest BCUT2D eigenvalue weighted by atomic mass is 35.5. The number of nitrogens with one attached hydrogen (secondary N) is 1.